The molecular formula is C21H16ClN3O5. The van der Waals surface area contributed by atoms with Gasteiger partial charge in [0.25, 0.3) is 11.1 Å². The number of methoxy groups -OCH3 is 1. The Labute approximate surface area is 174 Å². The van der Waals surface area contributed by atoms with E-state index in [9.17, 15) is 19.5 Å². The number of fused-ring (bicyclic) bond motifs is 2. The Morgan fingerprint density at radius 3 is 2.80 bits per heavy atom. The Bertz CT molecular complexity index is 1410. The Balaban J connectivity index is 2.02. The van der Waals surface area contributed by atoms with Crippen molar-refractivity contribution in [2.75, 3.05) is 7.11 Å². The maximum atomic E-state index is 13.2. The maximum Gasteiger partial charge on any atom is 0.306 e. The highest BCUT2D eigenvalue weighted by atomic mass is 35.5. The van der Waals surface area contributed by atoms with Crippen LogP contribution in [0, 0.1) is 0 Å². The molecule has 152 valence electrons. The van der Waals surface area contributed by atoms with Crippen LogP contribution in [-0.4, -0.2) is 32.6 Å². The number of H-pyrrole nitrogens is 1. The molecule has 0 amide bonds. The van der Waals surface area contributed by atoms with Crippen LogP contribution >= 0.6 is 11.6 Å². The van der Waals surface area contributed by atoms with Crippen LogP contribution in [0.1, 0.15) is 23.5 Å². The number of carbonyl (C=O) groups excluding carboxylic acids is 1. The fourth-order valence-corrected chi connectivity index (χ4v) is 3.62. The standard InChI is InChI=1S/C21H16ClN3O5/c1-30-17(26)9-13(14-8-11-4-2-3-5-15(11)23-19(14)27)18-20(28)24-16-7-6-12(22)10-25(16)21(18)29/h2-8,10,13,28H,9H2,1H3,(H,23,27). The first kappa shape index (κ1) is 19.7. The first-order chi connectivity index (χ1) is 14.4. The molecule has 4 aromatic rings. The number of aromatic hydroxyl groups is 1. The molecule has 0 aliphatic heterocycles. The first-order valence-electron chi connectivity index (χ1n) is 8.98. The molecule has 0 aliphatic carbocycles. The molecule has 1 unspecified atom stereocenters. The van der Waals surface area contributed by atoms with Gasteiger partial charge in [-0.25, -0.2) is 0 Å². The average Bonchev–Trinajstić information content (AvgIpc) is 2.73. The van der Waals surface area contributed by atoms with E-state index < -0.39 is 28.9 Å². The molecular weight excluding hydrogens is 410 g/mol. The van der Waals surface area contributed by atoms with Crippen LogP contribution in [0.4, 0.5) is 0 Å². The molecule has 0 saturated heterocycles. The van der Waals surface area contributed by atoms with Crippen molar-refractivity contribution in [3.63, 3.8) is 0 Å². The summed E-state index contributed by atoms with van der Waals surface area (Å²) in [5, 5.41) is 11.6. The lowest BCUT2D eigenvalue weighted by molar-refractivity contribution is -0.140. The Kier molecular flexibility index (Phi) is 5.01. The number of pyridine rings is 2. The molecule has 9 heteroatoms. The topological polar surface area (TPSA) is 114 Å². The molecule has 3 heterocycles. The predicted molar refractivity (Wildman–Crippen MR) is 111 cm³/mol. The van der Waals surface area contributed by atoms with Gasteiger partial charge >= 0.3 is 5.97 Å². The SMILES string of the molecule is COC(=O)CC(c1cc2ccccc2[nH]c1=O)c1c(O)nc2ccc(Cl)cn2c1=O. The fourth-order valence-electron chi connectivity index (χ4n) is 3.46. The first-order valence-corrected chi connectivity index (χ1v) is 9.36. The van der Waals surface area contributed by atoms with Gasteiger partial charge in [-0.3, -0.25) is 18.8 Å². The molecule has 3 aromatic heterocycles. The summed E-state index contributed by atoms with van der Waals surface area (Å²) in [5.74, 6) is -2.30. The molecule has 4 rings (SSSR count). The smallest absolute Gasteiger partial charge is 0.306 e. The van der Waals surface area contributed by atoms with E-state index in [2.05, 4.69) is 9.97 Å². The lowest BCUT2D eigenvalue weighted by Gasteiger charge is -2.17. The highest BCUT2D eigenvalue weighted by Gasteiger charge is 2.29. The van der Waals surface area contributed by atoms with Crippen molar-refractivity contribution in [1.82, 2.24) is 14.4 Å². The van der Waals surface area contributed by atoms with E-state index in [4.69, 9.17) is 16.3 Å². The minimum atomic E-state index is -1.08. The molecule has 0 fully saturated rings. The minimum absolute atomic E-state index is 0.135. The van der Waals surface area contributed by atoms with Gasteiger partial charge in [-0.1, -0.05) is 29.8 Å². The van der Waals surface area contributed by atoms with Crippen molar-refractivity contribution in [3.05, 3.63) is 85.5 Å². The largest absolute Gasteiger partial charge is 0.493 e. The molecule has 0 aliphatic rings. The van der Waals surface area contributed by atoms with E-state index in [1.807, 2.05) is 0 Å². The molecule has 2 N–H and O–H groups in total. The molecule has 0 saturated carbocycles. The van der Waals surface area contributed by atoms with Gasteiger partial charge in [0.15, 0.2) is 0 Å². The second kappa shape index (κ2) is 7.64. The van der Waals surface area contributed by atoms with E-state index in [1.54, 1.807) is 30.3 Å². The van der Waals surface area contributed by atoms with E-state index in [-0.39, 0.29) is 28.2 Å². The Hall–Kier alpha value is -3.65. The van der Waals surface area contributed by atoms with Gasteiger partial charge in [-0.15, -0.1) is 0 Å². The lowest BCUT2D eigenvalue weighted by Crippen LogP contribution is -2.27. The number of benzene rings is 1. The van der Waals surface area contributed by atoms with Gasteiger partial charge in [0.1, 0.15) is 5.65 Å². The monoisotopic (exact) mass is 425 g/mol. The summed E-state index contributed by atoms with van der Waals surface area (Å²) in [4.78, 5) is 44.9. The lowest BCUT2D eigenvalue weighted by atomic mass is 9.89. The summed E-state index contributed by atoms with van der Waals surface area (Å²) in [6.45, 7) is 0. The Morgan fingerprint density at radius 2 is 2.03 bits per heavy atom. The van der Waals surface area contributed by atoms with Crippen LogP contribution in [0.3, 0.4) is 0 Å². The number of ether oxygens (including phenoxy) is 1. The van der Waals surface area contributed by atoms with Crippen molar-refractivity contribution in [3.8, 4) is 5.88 Å². The van der Waals surface area contributed by atoms with E-state index in [0.717, 1.165) is 4.40 Å². The number of rotatable bonds is 4. The second-order valence-electron chi connectivity index (χ2n) is 6.70. The summed E-state index contributed by atoms with van der Waals surface area (Å²) >= 11 is 6.00. The number of nitrogens with zero attached hydrogens (tertiary/aromatic N) is 2. The molecule has 8 nitrogen and oxygen atoms in total. The zero-order valence-corrected chi connectivity index (χ0v) is 16.5. The zero-order valence-electron chi connectivity index (χ0n) is 15.8. The fraction of sp³-hybridized carbons (Fsp3) is 0.143. The number of carbonyl (C=O) groups is 1. The summed E-state index contributed by atoms with van der Waals surface area (Å²) < 4.78 is 5.92. The minimum Gasteiger partial charge on any atom is -0.493 e. The van der Waals surface area contributed by atoms with Gasteiger partial charge in [0.2, 0.25) is 5.88 Å². The summed E-state index contributed by atoms with van der Waals surface area (Å²) in [6, 6.07) is 11.7. The van der Waals surface area contributed by atoms with Gasteiger partial charge < -0.3 is 14.8 Å². The number of para-hydroxylation sites is 1. The van der Waals surface area contributed by atoms with Crippen molar-refractivity contribution in [1.29, 1.82) is 0 Å². The molecule has 0 radical (unpaired) electrons. The Morgan fingerprint density at radius 1 is 1.27 bits per heavy atom. The second-order valence-corrected chi connectivity index (χ2v) is 7.14. The molecule has 30 heavy (non-hydrogen) atoms. The summed E-state index contributed by atoms with van der Waals surface area (Å²) in [5.41, 5.74) is -0.405. The highest BCUT2D eigenvalue weighted by molar-refractivity contribution is 6.30. The van der Waals surface area contributed by atoms with Gasteiger partial charge in [-0.2, -0.15) is 4.98 Å². The molecule has 1 aromatic carbocycles. The zero-order chi connectivity index (χ0) is 21.4. The van der Waals surface area contributed by atoms with Crippen molar-refractivity contribution >= 4 is 34.1 Å². The number of aromatic nitrogens is 3. The van der Waals surface area contributed by atoms with Crippen molar-refractivity contribution in [2.24, 2.45) is 0 Å². The molecule has 1 atom stereocenters. The number of aromatic amines is 1. The van der Waals surface area contributed by atoms with Crippen LogP contribution < -0.4 is 11.1 Å². The third kappa shape index (κ3) is 3.42. The number of nitrogens with one attached hydrogen (secondary N) is 1. The van der Waals surface area contributed by atoms with Gasteiger partial charge in [-0.05, 0) is 29.7 Å². The van der Waals surface area contributed by atoms with Crippen molar-refractivity contribution < 1.29 is 14.6 Å². The van der Waals surface area contributed by atoms with Crippen LogP contribution in [0.15, 0.2) is 58.3 Å². The quantitative estimate of drug-likeness (QED) is 0.486. The maximum absolute atomic E-state index is 13.2. The number of esters is 1. The summed E-state index contributed by atoms with van der Waals surface area (Å²) in [7, 11) is 1.20. The van der Waals surface area contributed by atoms with Gasteiger partial charge in [0.05, 0.1) is 24.1 Å². The van der Waals surface area contributed by atoms with Gasteiger partial charge in [0, 0.05) is 23.2 Å². The number of hydrogen-bond donors (Lipinski definition) is 2. The number of halogens is 1. The van der Waals surface area contributed by atoms with Crippen LogP contribution in [-0.2, 0) is 9.53 Å². The van der Waals surface area contributed by atoms with E-state index >= 15 is 0 Å². The molecule has 0 spiro atoms. The van der Waals surface area contributed by atoms with Crippen LogP contribution in [0.25, 0.3) is 16.6 Å². The van der Waals surface area contributed by atoms with Crippen molar-refractivity contribution in [2.45, 2.75) is 12.3 Å². The molecule has 0 bridgehead atoms. The summed E-state index contributed by atoms with van der Waals surface area (Å²) in [6.07, 6.45) is 1.02. The third-order valence-electron chi connectivity index (χ3n) is 4.91. The number of hydrogen-bond acceptors (Lipinski definition) is 6. The average molecular weight is 426 g/mol. The van der Waals surface area contributed by atoms with E-state index in [0.29, 0.717) is 10.9 Å². The van der Waals surface area contributed by atoms with E-state index in [1.165, 1.54) is 25.4 Å². The third-order valence-corrected chi connectivity index (χ3v) is 5.13. The van der Waals surface area contributed by atoms with Crippen LogP contribution in [0.5, 0.6) is 5.88 Å². The highest BCUT2D eigenvalue weighted by Crippen LogP contribution is 2.30. The van der Waals surface area contributed by atoms with Crippen LogP contribution in [0.2, 0.25) is 5.02 Å². The normalized spacial score (nSPS) is 12.2. The predicted octanol–water partition coefficient (Wildman–Crippen LogP) is 2.59.